The first-order valence-electron chi connectivity index (χ1n) is 9.31. The van der Waals surface area contributed by atoms with Crippen LogP contribution in [0.5, 0.6) is 5.75 Å². The van der Waals surface area contributed by atoms with Crippen molar-refractivity contribution >= 4 is 11.6 Å². The number of hydrogen-bond acceptors (Lipinski definition) is 5. The molecular formula is C22H25N3O3. The average molecular weight is 379 g/mol. The monoisotopic (exact) mass is 379 g/mol. The fourth-order valence-electron chi connectivity index (χ4n) is 3.58. The summed E-state index contributed by atoms with van der Waals surface area (Å²) < 4.78 is 6.03. The Morgan fingerprint density at radius 3 is 2.64 bits per heavy atom. The van der Waals surface area contributed by atoms with E-state index in [-0.39, 0.29) is 5.91 Å². The molecule has 0 aromatic heterocycles. The van der Waals surface area contributed by atoms with Gasteiger partial charge in [-0.2, -0.15) is 5.26 Å². The number of fused-ring (bicyclic) bond motifs is 1. The normalized spacial score (nSPS) is 19.7. The van der Waals surface area contributed by atoms with Crippen LogP contribution in [0.25, 0.3) is 0 Å². The maximum Gasteiger partial charge on any atom is 0.216 e. The first-order valence-corrected chi connectivity index (χ1v) is 9.31. The van der Waals surface area contributed by atoms with Gasteiger partial charge >= 0.3 is 0 Å². The molecule has 6 heteroatoms. The lowest BCUT2D eigenvalue weighted by atomic mass is 9.84. The average Bonchev–Trinajstić information content (AvgIpc) is 2.67. The number of nitrogens with zero attached hydrogens (tertiary/aromatic N) is 2. The van der Waals surface area contributed by atoms with Gasteiger partial charge in [0.25, 0.3) is 0 Å². The molecule has 1 aliphatic rings. The molecule has 28 heavy (non-hydrogen) atoms. The van der Waals surface area contributed by atoms with Crippen LogP contribution in [0.1, 0.15) is 37.9 Å². The van der Waals surface area contributed by atoms with Crippen LogP contribution >= 0.6 is 0 Å². The van der Waals surface area contributed by atoms with Crippen molar-refractivity contribution in [2.45, 2.75) is 38.5 Å². The number of nitriles is 1. The molecule has 0 radical (unpaired) electrons. The van der Waals surface area contributed by atoms with Crippen molar-refractivity contribution in [3.63, 3.8) is 0 Å². The predicted octanol–water partition coefficient (Wildman–Crippen LogP) is 2.77. The van der Waals surface area contributed by atoms with Crippen LogP contribution in [-0.2, 0) is 4.79 Å². The number of rotatable bonds is 5. The van der Waals surface area contributed by atoms with Crippen LogP contribution in [0, 0.1) is 11.3 Å². The summed E-state index contributed by atoms with van der Waals surface area (Å²) in [4.78, 5) is 13.4. The molecule has 2 aromatic rings. The van der Waals surface area contributed by atoms with Gasteiger partial charge in [-0.3, -0.25) is 4.79 Å². The molecule has 2 atom stereocenters. The largest absolute Gasteiger partial charge is 0.485 e. The summed E-state index contributed by atoms with van der Waals surface area (Å²) in [5.41, 5.74) is 1.38. The molecule has 1 aliphatic heterocycles. The number of benzene rings is 2. The molecule has 2 N–H and O–H groups in total. The highest BCUT2D eigenvalue weighted by atomic mass is 16.5. The molecule has 1 unspecified atom stereocenters. The van der Waals surface area contributed by atoms with Crippen molar-refractivity contribution in [3.8, 4) is 11.8 Å². The minimum absolute atomic E-state index is 0.104. The third kappa shape index (κ3) is 3.95. The Morgan fingerprint density at radius 2 is 2.00 bits per heavy atom. The van der Waals surface area contributed by atoms with E-state index in [1.165, 1.54) is 6.92 Å². The van der Waals surface area contributed by atoms with Crippen LogP contribution in [0.15, 0.2) is 48.5 Å². The van der Waals surface area contributed by atoms with Gasteiger partial charge in [0.05, 0.1) is 17.7 Å². The fourth-order valence-corrected chi connectivity index (χ4v) is 3.58. The Labute approximate surface area is 165 Å². The SMILES string of the molecule is CC(=O)NCCN(c1ccccc1)C1c2cc(C#N)ccc2OC(C)(C)[C@@H]1O. The molecule has 0 spiro atoms. The zero-order valence-corrected chi connectivity index (χ0v) is 16.3. The zero-order valence-electron chi connectivity index (χ0n) is 16.3. The van der Waals surface area contributed by atoms with Gasteiger partial charge in [-0.1, -0.05) is 18.2 Å². The molecular weight excluding hydrogens is 354 g/mol. The Balaban J connectivity index is 2.09. The lowest BCUT2D eigenvalue weighted by Gasteiger charge is -2.47. The number of ether oxygens (including phenoxy) is 1. The molecule has 0 fully saturated rings. The smallest absolute Gasteiger partial charge is 0.216 e. The zero-order chi connectivity index (χ0) is 20.3. The summed E-state index contributed by atoms with van der Waals surface area (Å²) in [7, 11) is 0. The number of anilines is 1. The van der Waals surface area contributed by atoms with E-state index >= 15 is 0 Å². The Hall–Kier alpha value is -3.04. The summed E-state index contributed by atoms with van der Waals surface area (Å²) in [5.74, 6) is 0.549. The molecule has 0 saturated heterocycles. The van der Waals surface area contributed by atoms with E-state index in [1.807, 2.05) is 44.2 Å². The highest BCUT2D eigenvalue weighted by Gasteiger charge is 2.45. The molecule has 1 amide bonds. The third-order valence-electron chi connectivity index (χ3n) is 4.99. The second-order valence-electron chi connectivity index (χ2n) is 7.47. The standard InChI is InChI=1S/C22H25N3O3/c1-15(26)24-11-12-25(17-7-5-4-6-8-17)20-18-13-16(14-23)9-10-19(18)28-22(2,3)21(20)27/h4-10,13,20-21,27H,11-12H2,1-3H3,(H,24,26)/t20?,21-/m1/s1. The molecule has 1 heterocycles. The topological polar surface area (TPSA) is 85.6 Å². The van der Waals surface area contributed by atoms with Crippen LogP contribution < -0.4 is 15.0 Å². The van der Waals surface area contributed by atoms with Gasteiger partial charge in [0.15, 0.2) is 0 Å². The number of para-hydroxylation sites is 1. The lowest BCUT2D eigenvalue weighted by molar-refractivity contribution is -0.118. The molecule has 3 rings (SSSR count). The van der Waals surface area contributed by atoms with Gasteiger partial charge in [0.1, 0.15) is 17.5 Å². The third-order valence-corrected chi connectivity index (χ3v) is 4.99. The lowest BCUT2D eigenvalue weighted by Crippen LogP contribution is -2.54. The van der Waals surface area contributed by atoms with E-state index in [4.69, 9.17) is 4.74 Å². The van der Waals surface area contributed by atoms with Crippen molar-refractivity contribution < 1.29 is 14.6 Å². The summed E-state index contributed by atoms with van der Waals surface area (Å²) in [6.07, 6.45) is -0.841. The van der Waals surface area contributed by atoms with E-state index in [9.17, 15) is 15.2 Å². The van der Waals surface area contributed by atoms with Crippen molar-refractivity contribution in [3.05, 3.63) is 59.7 Å². The van der Waals surface area contributed by atoms with Crippen molar-refractivity contribution in [2.24, 2.45) is 0 Å². The quantitative estimate of drug-likeness (QED) is 0.834. The highest BCUT2D eigenvalue weighted by molar-refractivity contribution is 5.72. The van der Waals surface area contributed by atoms with E-state index in [0.29, 0.717) is 24.4 Å². The Kier molecular flexibility index (Phi) is 5.57. The van der Waals surface area contributed by atoms with Gasteiger partial charge in [-0.05, 0) is 44.2 Å². The fraction of sp³-hybridized carbons (Fsp3) is 0.364. The highest BCUT2D eigenvalue weighted by Crippen LogP contribution is 2.44. The van der Waals surface area contributed by atoms with Crippen molar-refractivity contribution in [1.29, 1.82) is 5.26 Å². The molecule has 2 aromatic carbocycles. The number of carbonyl (C=O) groups is 1. The van der Waals surface area contributed by atoms with Crippen LogP contribution in [0.2, 0.25) is 0 Å². The molecule has 0 saturated carbocycles. The van der Waals surface area contributed by atoms with Gasteiger partial charge < -0.3 is 20.1 Å². The maximum atomic E-state index is 11.4. The second-order valence-corrected chi connectivity index (χ2v) is 7.47. The minimum Gasteiger partial charge on any atom is -0.485 e. The molecule has 0 aliphatic carbocycles. The number of amides is 1. The first kappa shape index (κ1) is 19.7. The molecule has 146 valence electrons. The van der Waals surface area contributed by atoms with Crippen LogP contribution in [-0.4, -0.2) is 35.8 Å². The summed E-state index contributed by atoms with van der Waals surface area (Å²) >= 11 is 0. The maximum absolute atomic E-state index is 11.4. The second kappa shape index (κ2) is 7.91. The van der Waals surface area contributed by atoms with E-state index in [1.54, 1.807) is 18.2 Å². The van der Waals surface area contributed by atoms with Gasteiger partial charge in [0.2, 0.25) is 5.91 Å². The molecule has 6 nitrogen and oxygen atoms in total. The van der Waals surface area contributed by atoms with Crippen LogP contribution in [0.4, 0.5) is 5.69 Å². The van der Waals surface area contributed by atoms with Gasteiger partial charge in [-0.15, -0.1) is 0 Å². The number of aliphatic hydroxyl groups excluding tert-OH is 1. The number of carbonyl (C=O) groups excluding carboxylic acids is 1. The van der Waals surface area contributed by atoms with Crippen molar-refractivity contribution in [2.75, 3.05) is 18.0 Å². The summed E-state index contributed by atoms with van der Waals surface area (Å²) in [6, 6.07) is 16.7. The summed E-state index contributed by atoms with van der Waals surface area (Å²) in [6.45, 7) is 6.11. The summed E-state index contributed by atoms with van der Waals surface area (Å²) in [5, 5.41) is 23.4. The van der Waals surface area contributed by atoms with E-state index < -0.39 is 17.7 Å². The van der Waals surface area contributed by atoms with E-state index in [0.717, 1.165) is 11.3 Å². The predicted molar refractivity (Wildman–Crippen MR) is 107 cm³/mol. The van der Waals surface area contributed by atoms with Crippen LogP contribution in [0.3, 0.4) is 0 Å². The number of aliphatic hydroxyl groups is 1. The minimum atomic E-state index is -0.841. The van der Waals surface area contributed by atoms with Crippen molar-refractivity contribution in [1.82, 2.24) is 5.32 Å². The number of hydrogen-bond donors (Lipinski definition) is 2. The number of nitrogens with one attached hydrogen (secondary N) is 1. The van der Waals surface area contributed by atoms with Gasteiger partial charge in [-0.25, -0.2) is 0 Å². The first-order chi connectivity index (χ1) is 13.3. The Bertz CT molecular complexity index is 890. The van der Waals surface area contributed by atoms with E-state index in [2.05, 4.69) is 16.3 Å². The van der Waals surface area contributed by atoms with Gasteiger partial charge in [0, 0.05) is 31.3 Å². The Morgan fingerprint density at radius 1 is 1.29 bits per heavy atom. The molecule has 0 bridgehead atoms.